The van der Waals surface area contributed by atoms with Crippen LogP contribution in [0.4, 0.5) is 0 Å². The first kappa shape index (κ1) is 47.8. The number of aliphatic hydroxyl groups is 1. The Bertz CT molecular complexity index is 939. The Balaban J connectivity index is 2.22. The average Bonchev–Trinajstić information content (AvgIpc) is 3.15. The number of unbranched alkanes of at least 4 members (excludes halogenated alkanes) is 17. The summed E-state index contributed by atoms with van der Waals surface area (Å²) in [4.78, 5) is 30.3. The van der Waals surface area contributed by atoms with Crippen molar-refractivity contribution in [3.63, 3.8) is 0 Å². The van der Waals surface area contributed by atoms with E-state index in [-0.39, 0.29) is 25.1 Å². The van der Waals surface area contributed by atoms with Crippen LogP contribution >= 0.6 is 0 Å². The van der Waals surface area contributed by atoms with Crippen molar-refractivity contribution in [2.24, 2.45) is 0 Å². The summed E-state index contributed by atoms with van der Waals surface area (Å²) in [6.07, 6.45) is 45.8. The normalized spacial score (nSPS) is 15.1. The van der Waals surface area contributed by atoms with Gasteiger partial charge >= 0.3 is 5.97 Å². The maximum absolute atomic E-state index is 13.3. The van der Waals surface area contributed by atoms with Gasteiger partial charge < -0.3 is 15.2 Å². The first-order valence-electron chi connectivity index (χ1n) is 21.7. The number of β-amino-alcohol motifs (C(OH)–C–C–N with tert-alkyl or cyclic N) is 1. The summed E-state index contributed by atoms with van der Waals surface area (Å²) in [5.41, 5.74) is 0. The monoisotopic (exact) mass is 728 g/mol. The van der Waals surface area contributed by atoms with Gasteiger partial charge in [-0.3, -0.25) is 19.4 Å². The number of rotatable bonds is 35. The Labute approximate surface area is 320 Å². The number of hydrogen-bond donors (Lipinski definition) is 2. The number of ether oxygens (including phenoxy) is 1. The van der Waals surface area contributed by atoms with Gasteiger partial charge in [0.05, 0.1) is 6.61 Å². The lowest BCUT2D eigenvalue weighted by atomic mass is 10.1. The molecule has 0 saturated carbocycles. The molecule has 0 aliphatic carbocycles. The van der Waals surface area contributed by atoms with Gasteiger partial charge in [-0.1, -0.05) is 140 Å². The molecule has 1 amide bonds. The van der Waals surface area contributed by atoms with Gasteiger partial charge in [0.2, 0.25) is 5.91 Å². The molecule has 7 heteroatoms. The zero-order valence-electron chi connectivity index (χ0n) is 33.9. The number of aliphatic hydroxyl groups excluding tert-OH is 1. The van der Waals surface area contributed by atoms with Crippen molar-refractivity contribution >= 4 is 11.9 Å². The Hall–Kier alpha value is -2.22. The van der Waals surface area contributed by atoms with E-state index in [4.69, 9.17) is 4.74 Å². The van der Waals surface area contributed by atoms with Gasteiger partial charge in [-0.05, 0) is 70.6 Å². The van der Waals surface area contributed by atoms with Crippen molar-refractivity contribution in [3.8, 4) is 0 Å². The van der Waals surface area contributed by atoms with E-state index in [1.165, 1.54) is 89.9 Å². The van der Waals surface area contributed by atoms with E-state index in [0.29, 0.717) is 19.5 Å². The highest BCUT2D eigenvalue weighted by molar-refractivity contribution is 5.82. The van der Waals surface area contributed by atoms with Crippen LogP contribution in [0.25, 0.3) is 0 Å². The molecule has 1 heterocycles. The molecule has 2 N–H and O–H groups in total. The molecule has 1 atom stereocenters. The molecule has 0 aromatic heterocycles. The smallest absolute Gasteiger partial charge is 0.305 e. The number of esters is 1. The molecule has 0 aromatic rings. The zero-order valence-corrected chi connectivity index (χ0v) is 33.9. The van der Waals surface area contributed by atoms with E-state index in [1.54, 1.807) is 0 Å². The summed E-state index contributed by atoms with van der Waals surface area (Å²) in [5, 5.41) is 12.5. The fourth-order valence-electron chi connectivity index (χ4n) is 6.54. The van der Waals surface area contributed by atoms with Crippen molar-refractivity contribution in [1.29, 1.82) is 0 Å². The number of hydrogen-bond acceptors (Lipinski definition) is 6. The van der Waals surface area contributed by atoms with E-state index < -0.39 is 6.04 Å². The summed E-state index contributed by atoms with van der Waals surface area (Å²) in [6.45, 7) is 9.11. The molecule has 300 valence electrons. The van der Waals surface area contributed by atoms with E-state index in [1.807, 2.05) is 0 Å². The minimum Gasteiger partial charge on any atom is -0.463 e. The summed E-state index contributed by atoms with van der Waals surface area (Å²) >= 11 is 0. The van der Waals surface area contributed by atoms with Crippen molar-refractivity contribution < 1.29 is 19.4 Å². The van der Waals surface area contributed by atoms with Crippen LogP contribution in [0.2, 0.25) is 0 Å². The highest BCUT2D eigenvalue weighted by Gasteiger charge is 2.30. The quantitative estimate of drug-likeness (QED) is 0.0384. The minimum atomic E-state index is -0.462. The van der Waals surface area contributed by atoms with Crippen LogP contribution in [0.3, 0.4) is 0 Å². The number of carbonyl (C=O) groups excluding carboxylic acids is 2. The first-order valence-corrected chi connectivity index (χ1v) is 21.7. The van der Waals surface area contributed by atoms with Gasteiger partial charge in [-0.25, -0.2) is 0 Å². The molecule has 0 bridgehead atoms. The topological polar surface area (TPSA) is 82.1 Å². The summed E-state index contributed by atoms with van der Waals surface area (Å²) < 4.78 is 5.69. The van der Waals surface area contributed by atoms with Gasteiger partial charge in [-0.2, -0.15) is 0 Å². The van der Waals surface area contributed by atoms with Crippen molar-refractivity contribution in [2.45, 2.75) is 174 Å². The summed E-state index contributed by atoms with van der Waals surface area (Å²) in [5.74, 6) is -0.236. The average molecular weight is 728 g/mol. The van der Waals surface area contributed by atoms with Gasteiger partial charge in [0.1, 0.15) is 12.6 Å². The van der Waals surface area contributed by atoms with E-state index in [2.05, 4.69) is 77.6 Å². The molecular weight excluding hydrogens is 647 g/mol. The van der Waals surface area contributed by atoms with E-state index >= 15 is 0 Å². The van der Waals surface area contributed by atoms with Gasteiger partial charge in [0.15, 0.2) is 0 Å². The lowest BCUT2D eigenvalue weighted by Crippen LogP contribution is -2.57. The number of piperazine rings is 1. The van der Waals surface area contributed by atoms with Crippen molar-refractivity contribution in [2.75, 3.05) is 52.5 Å². The molecule has 0 spiro atoms. The molecule has 1 fully saturated rings. The first-order chi connectivity index (χ1) is 25.6. The van der Waals surface area contributed by atoms with Crippen LogP contribution in [0.15, 0.2) is 48.6 Å². The van der Waals surface area contributed by atoms with Crippen LogP contribution in [0, 0.1) is 0 Å². The van der Waals surface area contributed by atoms with Crippen LogP contribution in [0.5, 0.6) is 0 Å². The molecule has 52 heavy (non-hydrogen) atoms. The maximum atomic E-state index is 13.3. The number of amides is 1. The largest absolute Gasteiger partial charge is 0.463 e. The second-order valence-corrected chi connectivity index (χ2v) is 14.7. The molecule has 7 nitrogen and oxygen atoms in total. The third-order valence-corrected chi connectivity index (χ3v) is 9.98. The van der Waals surface area contributed by atoms with E-state index in [0.717, 1.165) is 84.0 Å². The van der Waals surface area contributed by atoms with Gasteiger partial charge in [-0.15, -0.1) is 0 Å². The lowest BCUT2D eigenvalue weighted by molar-refractivity contribution is -0.148. The third kappa shape index (κ3) is 29.3. The summed E-state index contributed by atoms with van der Waals surface area (Å²) in [6, 6.07) is -0.462. The van der Waals surface area contributed by atoms with Crippen LogP contribution < -0.4 is 5.32 Å². The highest BCUT2D eigenvalue weighted by Crippen LogP contribution is 2.13. The molecule has 1 saturated heterocycles. The predicted molar refractivity (Wildman–Crippen MR) is 222 cm³/mol. The molecule has 1 aliphatic heterocycles. The van der Waals surface area contributed by atoms with Gasteiger partial charge in [0, 0.05) is 45.7 Å². The number of allylic oxidation sites excluding steroid dienone is 8. The number of nitrogens with one attached hydrogen (secondary N) is 1. The molecule has 1 rings (SSSR count). The van der Waals surface area contributed by atoms with Crippen LogP contribution in [-0.2, 0) is 14.3 Å². The van der Waals surface area contributed by atoms with Crippen molar-refractivity contribution in [1.82, 2.24) is 15.1 Å². The Morgan fingerprint density at radius 2 is 1.10 bits per heavy atom. The number of carbonyl (C=O) groups is 2. The van der Waals surface area contributed by atoms with Crippen LogP contribution in [0.1, 0.15) is 168 Å². The fraction of sp³-hybridized carbons (Fsp3) is 0.778. The maximum Gasteiger partial charge on any atom is 0.305 e. The second-order valence-electron chi connectivity index (χ2n) is 14.7. The lowest BCUT2D eigenvalue weighted by Gasteiger charge is -2.38. The number of nitrogens with zero attached hydrogens (tertiary/aromatic N) is 2. The second kappa shape index (κ2) is 37.1. The van der Waals surface area contributed by atoms with E-state index in [9.17, 15) is 14.7 Å². The Morgan fingerprint density at radius 3 is 1.63 bits per heavy atom. The summed E-state index contributed by atoms with van der Waals surface area (Å²) in [7, 11) is 0. The standard InChI is InChI=1S/C45H81N3O4/c1-3-5-7-9-11-13-15-17-19-21-23-25-27-29-31-33-35-46-45(51)43(48-38-36-47(37-39-48)40-41-49)42-52-44(50)34-32-30-28-26-24-22-20-18-16-14-12-10-8-6-4-2/h10-13,16-19,43,49H,3-9,14-15,20-42H2,1-2H3,(H,46,51)/b12-10-,13-11-,18-16-,19-17-. The highest BCUT2D eigenvalue weighted by atomic mass is 16.5. The molecular formula is C45H81N3O4. The van der Waals surface area contributed by atoms with Crippen molar-refractivity contribution in [3.05, 3.63) is 48.6 Å². The molecule has 0 aromatic carbocycles. The molecule has 0 radical (unpaired) electrons. The third-order valence-electron chi connectivity index (χ3n) is 9.98. The SMILES string of the molecule is CCCC/C=C\C/C=C\CCCCCCCCC(=O)OCC(C(=O)NCCCCCCCC/C=C\C/C=C\CCCCC)N1CCN(CCO)CC1. The fourth-order valence-corrected chi connectivity index (χ4v) is 6.54. The Kier molecular flexibility index (Phi) is 34.1. The van der Waals surface area contributed by atoms with Crippen LogP contribution in [-0.4, -0.2) is 85.3 Å². The Morgan fingerprint density at radius 1 is 0.615 bits per heavy atom. The predicted octanol–water partition coefficient (Wildman–Crippen LogP) is 10.3. The minimum absolute atomic E-state index is 0.0377. The zero-order chi connectivity index (χ0) is 37.6. The molecule has 1 unspecified atom stereocenters. The van der Waals surface area contributed by atoms with Gasteiger partial charge in [0.25, 0.3) is 0 Å². The molecule has 1 aliphatic rings.